The molecule has 0 aromatic carbocycles. The van der Waals surface area contributed by atoms with E-state index >= 15 is 0 Å². The molecule has 1 saturated heterocycles. The summed E-state index contributed by atoms with van der Waals surface area (Å²) in [5.74, 6) is -0.107. The average Bonchev–Trinajstić information content (AvgIpc) is 2.77. The van der Waals surface area contributed by atoms with E-state index in [-0.39, 0.29) is 29.4 Å². The molecular formula is C11H14N2O3. The Balaban J connectivity index is 2.15. The Morgan fingerprint density at radius 1 is 1.62 bits per heavy atom. The van der Waals surface area contributed by atoms with Crippen LogP contribution < -0.4 is 5.43 Å². The molecule has 2 heterocycles. The zero-order chi connectivity index (χ0) is 11.5. The van der Waals surface area contributed by atoms with Crippen LogP contribution in [0.2, 0.25) is 0 Å². The first kappa shape index (κ1) is 10.9. The summed E-state index contributed by atoms with van der Waals surface area (Å²) in [6.45, 7) is 1.23. The molecule has 0 radical (unpaired) electrons. The first-order valence-electron chi connectivity index (χ1n) is 5.29. The number of nitrogens with one attached hydrogen (secondary N) is 1. The molecule has 0 saturated carbocycles. The number of likely N-dealkylation sites (tertiary alicyclic amines) is 1. The summed E-state index contributed by atoms with van der Waals surface area (Å²) in [5.41, 5.74) is -0.0997. The number of aromatic amines is 1. The van der Waals surface area contributed by atoms with Crippen molar-refractivity contribution in [2.24, 2.45) is 5.92 Å². The van der Waals surface area contributed by atoms with Gasteiger partial charge in [0.1, 0.15) is 5.56 Å². The van der Waals surface area contributed by atoms with Crippen molar-refractivity contribution < 1.29 is 9.90 Å². The molecule has 1 aromatic rings. The summed E-state index contributed by atoms with van der Waals surface area (Å²) in [5, 5.41) is 8.98. The van der Waals surface area contributed by atoms with Crippen LogP contribution in [0, 0.1) is 5.92 Å². The van der Waals surface area contributed by atoms with Gasteiger partial charge in [0.05, 0.1) is 0 Å². The highest BCUT2D eigenvalue weighted by Gasteiger charge is 2.27. The summed E-state index contributed by atoms with van der Waals surface area (Å²) in [4.78, 5) is 27.8. The van der Waals surface area contributed by atoms with E-state index in [9.17, 15) is 9.59 Å². The number of rotatable bonds is 2. The van der Waals surface area contributed by atoms with Crippen molar-refractivity contribution in [3.05, 3.63) is 34.2 Å². The lowest BCUT2D eigenvalue weighted by atomic mass is 10.1. The van der Waals surface area contributed by atoms with Crippen LogP contribution in [0.15, 0.2) is 23.3 Å². The molecule has 5 nitrogen and oxygen atoms in total. The molecule has 1 aliphatic heterocycles. The van der Waals surface area contributed by atoms with Gasteiger partial charge in [0.25, 0.3) is 5.91 Å². The third kappa shape index (κ3) is 1.99. The van der Waals surface area contributed by atoms with Crippen LogP contribution in [-0.4, -0.2) is 40.6 Å². The van der Waals surface area contributed by atoms with E-state index in [4.69, 9.17) is 5.11 Å². The number of carbonyl (C=O) groups excluding carboxylic acids is 1. The molecule has 5 heteroatoms. The predicted molar refractivity (Wildman–Crippen MR) is 58.2 cm³/mol. The molecular weight excluding hydrogens is 208 g/mol. The summed E-state index contributed by atoms with van der Waals surface area (Å²) >= 11 is 0. The van der Waals surface area contributed by atoms with Gasteiger partial charge in [-0.05, 0) is 6.42 Å². The Bertz CT molecular complexity index is 441. The Morgan fingerprint density at radius 2 is 2.44 bits per heavy atom. The van der Waals surface area contributed by atoms with Gasteiger partial charge in [0.15, 0.2) is 5.43 Å². The van der Waals surface area contributed by atoms with E-state index in [2.05, 4.69) is 4.98 Å². The molecule has 1 unspecified atom stereocenters. The average molecular weight is 222 g/mol. The van der Waals surface area contributed by atoms with E-state index in [1.54, 1.807) is 4.90 Å². The molecule has 1 aromatic heterocycles. The topological polar surface area (TPSA) is 73.4 Å². The van der Waals surface area contributed by atoms with Gasteiger partial charge in [-0.1, -0.05) is 0 Å². The summed E-state index contributed by atoms with van der Waals surface area (Å²) in [7, 11) is 0. The number of carbonyl (C=O) groups is 1. The van der Waals surface area contributed by atoms with Gasteiger partial charge in [-0.25, -0.2) is 0 Å². The Morgan fingerprint density at radius 3 is 3.06 bits per heavy atom. The van der Waals surface area contributed by atoms with E-state index in [0.717, 1.165) is 6.42 Å². The maximum Gasteiger partial charge on any atom is 0.259 e. The van der Waals surface area contributed by atoms with Crippen LogP contribution in [0.4, 0.5) is 0 Å². The van der Waals surface area contributed by atoms with Gasteiger partial charge in [0.2, 0.25) is 0 Å². The van der Waals surface area contributed by atoms with Crippen LogP contribution in [0.25, 0.3) is 0 Å². The van der Waals surface area contributed by atoms with Crippen LogP contribution in [0.3, 0.4) is 0 Å². The normalized spacial score (nSPS) is 20.1. The number of amides is 1. The molecule has 1 fully saturated rings. The number of aromatic nitrogens is 1. The molecule has 0 aliphatic carbocycles. The largest absolute Gasteiger partial charge is 0.396 e. The molecule has 0 spiro atoms. The second-order valence-electron chi connectivity index (χ2n) is 4.01. The third-order valence-electron chi connectivity index (χ3n) is 2.89. The highest BCUT2D eigenvalue weighted by molar-refractivity contribution is 5.93. The Kier molecular flexibility index (Phi) is 3.05. The lowest BCUT2D eigenvalue weighted by molar-refractivity contribution is 0.0780. The molecule has 1 aliphatic rings. The lowest BCUT2D eigenvalue weighted by Crippen LogP contribution is -2.32. The number of aliphatic hydroxyl groups excluding tert-OH is 1. The number of nitrogens with zero attached hydrogens (tertiary/aromatic N) is 1. The van der Waals surface area contributed by atoms with E-state index < -0.39 is 0 Å². The molecule has 16 heavy (non-hydrogen) atoms. The lowest BCUT2D eigenvalue weighted by Gasteiger charge is -2.15. The van der Waals surface area contributed by atoms with Gasteiger partial charge >= 0.3 is 0 Å². The van der Waals surface area contributed by atoms with Crippen LogP contribution in [0.1, 0.15) is 16.8 Å². The van der Waals surface area contributed by atoms with Crippen LogP contribution in [0.5, 0.6) is 0 Å². The van der Waals surface area contributed by atoms with Crippen molar-refractivity contribution >= 4 is 5.91 Å². The third-order valence-corrected chi connectivity index (χ3v) is 2.89. The monoisotopic (exact) mass is 222 g/mol. The minimum absolute atomic E-state index is 0.0922. The van der Waals surface area contributed by atoms with E-state index in [1.165, 1.54) is 18.5 Å². The summed E-state index contributed by atoms with van der Waals surface area (Å²) in [6.07, 6.45) is 3.73. The molecule has 1 amide bonds. The highest BCUT2D eigenvalue weighted by atomic mass is 16.3. The zero-order valence-corrected chi connectivity index (χ0v) is 8.85. The first-order chi connectivity index (χ1) is 7.72. The van der Waals surface area contributed by atoms with Crippen molar-refractivity contribution in [3.63, 3.8) is 0 Å². The minimum Gasteiger partial charge on any atom is -0.396 e. The number of aliphatic hydroxyl groups is 1. The number of hydrogen-bond donors (Lipinski definition) is 2. The SMILES string of the molecule is O=C(c1c[nH]ccc1=O)N1CCC(CO)C1. The van der Waals surface area contributed by atoms with Crippen LogP contribution >= 0.6 is 0 Å². The summed E-state index contributed by atoms with van der Waals surface area (Å²) < 4.78 is 0. The van der Waals surface area contributed by atoms with Gasteiger partial charge < -0.3 is 15.0 Å². The fourth-order valence-electron chi connectivity index (χ4n) is 1.92. The molecule has 2 N–H and O–H groups in total. The van der Waals surface area contributed by atoms with Crippen LogP contribution in [-0.2, 0) is 0 Å². The van der Waals surface area contributed by atoms with E-state index in [0.29, 0.717) is 13.1 Å². The fraction of sp³-hybridized carbons (Fsp3) is 0.455. The van der Waals surface area contributed by atoms with Gasteiger partial charge in [-0.3, -0.25) is 9.59 Å². The van der Waals surface area contributed by atoms with Crippen molar-refractivity contribution in [2.75, 3.05) is 19.7 Å². The second-order valence-corrected chi connectivity index (χ2v) is 4.01. The Labute approximate surface area is 92.7 Å². The van der Waals surface area contributed by atoms with Gasteiger partial charge in [-0.15, -0.1) is 0 Å². The summed E-state index contributed by atoms with van der Waals surface area (Å²) in [6, 6.07) is 1.34. The van der Waals surface area contributed by atoms with Crippen molar-refractivity contribution in [2.45, 2.75) is 6.42 Å². The van der Waals surface area contributed by atoms with E-state index in [1.807, 2.05) is 0 Å². The first-order valence-corrected chi connectivity index (χ1v) is 5.29. The van der Waals surface area contributed by atoms with Crippen molar-refractivity contribution in [1.82, 2.24) is 9.88 Å². The maximum atomic E-state index is 12.0. The number of hydrogen-bond acceptors (Lipinski definition) is 3. The highest BCUT2D eigenvalue weighted by Crippen LogP contribution is 2.16. The molecule has 2 rings (SSSR count). The van der Waals surface area contributed by atoms with Crippen molar-refractivity contribution in [3.8, 4) is 0 Å². The standard InChI is InChI=1S/C11H14N2O3/c14-7-8-2-4-13(6-8)11(16)9-5-12-3-1-10(9)15/h1,3,5,8,14H,2,4,6-7H2,(H,12,15). The zero-order valence-electron chi connectivity index (χ0n) is 8.85. The second kappa shape index (κ2) is 4.49. The van der Waals surface area contributed by atoms with Crippen molar-refractivity contribution in [1.29, 1.82) is 0 Å². The minimum atomic E-state index is -0.267. The quantitative estimate of drug-likeness (QED) is 0.729. The smallest absolute Gasteiger partial charge is 0.259 e. The predicted octanol–water partition coefficient (Wildman–Crippen LogP) is -0.171. The molecule has 86 valence electrons. The number of H-pyrrole nitrogens is 1. The van der Waals surface area contributed by atoms with Gasteiger partial charge in [0, 0.05) is 44.1 Å². The fourth-order valence-corrected chi connectivity index (χ4v) is 1.92. The molecule has 0 bridgehead atoms. The number of pyridine rings is 1. The molecule has 1 atom stereocenters. The maximum absolute atomic E-state index is 12.0. The Hall–Kier alpha value is -1.62. The van der Waals surface area contributed by atoms with Gasteiger partial charge in [-0.2, -0.15) is 0 Å².